The Labute approximate surface area is 246 Å². The summed E-state index contributed by atoms with van der Waals surface area (Å²) in [6.07, 6.45) is 0.575. The molecule has 3 rings (SSSR count). The lowest BCUT2D eigenvalue weighted by atomic mass is 9.95. The molecule has 0 fully saturated rings. The number of aromatic nitrogens is 1. The summed E-state index contributed by atoms with van der Waals surface area (Å²) < 4.78 is 12.7. The van der Waals surface area contributed by atoms with Crippen LogP contribution < -0.4 is 10.7 Å². The number of aliphatic carboxylic acids is 1. The number of carbonyl (C=O) groups excluding carboxylic acids is 1. The van der Waals surface area contributed by atoms with Crippen LogP contribution in [0.4, 0.5) is 4.79 Å². The van der Waals surface area contributed by atoms with Crippen molar-refractivity contribution in [3.05, 3.63) is 69.5 Å². The zero-order chi connectivity index (χ0) is 31.4. The van der Waals surface area contributed by atoms with Gasteiger partial charge in [-0.1, -0.05) is 43.9 Å². The first-order chi connectivity index (χ1) is 19.4. The minimum atomic E-state index is -1.32. The Balaban J connectivity index is 1.92. The number of ether oxygens (including phenoxy) is 2. The van der Waals surface area contributed by atoms with Crippen LogP contribution in [0.2, 0.25) is 25.7 Å². The van der Waals surface area contributed by atoms with E-state index in [2.05, 4.69) is 25.0 Å². The Bertz CT molecular complexity index is 1530. The van der Waals surface area contributed by atoms with Crippen LogP contribution in [0.5, 0.6) is 0 Å². The number of fused-ring (bicyclic) bond motifs is 1. The van der Waals surface area contributed by atoms with E-state index in [1.54, 1.807) is 43.5 Å². The summed E-state index contributed by atoms with van der Waals surface area (Å²) in [5.74, 6) is -2.48. The summed E-state index contributed by atoms with van der Waals surface area (Å²) in [7, 11) is -1.32. The average Bonchev–Trinajstić information content (AvgIpc) is 2.86. The first-order valence-electron chi connectivity index (χ1n) is 13.8. The van der Waals surface area contributed by atoms with Crippen molar-refractivity contribution < 1.29 is 34.1 Å². The van der Waals surface area contributed by atoms with Gasteiger partial charge in [0.1, 0.15) is 23.9 Å². The average molecular weight is 597 g/mol. The smallest absolute Gasteiger partial charge is 0.408 e. The molecule has 1 amide bonds. The second kappa shape index (κ2) is 12.9. The van der Waals surface area contributed by atoms with Crippen LogP contribution in [0.1, 0.15) is 42.3 Å². The van der Waals surface area contributed by atoms with E-state index in [-0.39, 0.29) is 18.7 Å². The van der Waals surface area contributed by atoms with Crippen molar-refractivity contribution in [2.75, 3.05) is 6.61 Å². The molecule has 0 bridgehead atoms. The van der Waals surface area contributed by atoms with Gasteiger partial charge in [0.2, 0.25) is 5.43 Å². The number of amides is 1. The van der Waals surface area contributed by atoms with E-state index < -0.39 is 43.2 Å². The van der Waals surface area contributed by atoms with Gasteiger partial charge in [0.05, 0.1) is 5.52 Å². The molecule has 11 heteroatoms. The minimum absolute atomic E-state index is 0.0534. The highest BCUT2D eigenvalue weighted by Crippen LogP contribution is 2.28. The topological polar surface area (TPSA) is 144 Å². The molecule has 3 aromatic rings. The van der Waals surface area contributed by atoms with E-state index in [0.717, 1.165) is 22.7 Å². The highest BCUT2D eigenvalue weighted by atomic mass is 28.3. The molecule has 0 aliphatic rings. The summed E-state index contributed by atoms with van der Waals surface area (Å²) in [4.78, 5) is 48.7. The molecule has 0 saturated carbocycles. The molecular formula is C31H40N2O8Si. The summed E-state index contributed by atoms with van der Waals surface area (Å²) in [5, 5.41) is 22.0. The number of carboxylic acids is 2. The minimum Gasteiger partial charge on any atom is -0.480 e. The summed E-state index contributed by atoms with van der Waals surface area (Å²) >= 11 is 0. The van der Waals surface area contributed by atoms with Crippen molar-refractivity contribution >= 4 is 37.0 Å². The molecule has 2 aromatic carbocycles. The quantitative estimate of drug-likeness (QED) is 0.194. The van der Waals surface area contributed by atoms with Gasteiger partial charge < -0.3 is 29.6 Å². The molecule has 0 unspecified atom stereocenters. The monoisotopic (exact) mass is 596 g/mol. The molecule has 226 valence electrons. The number of hydrogen-bond donors (Lipinski definition) is 3. The number of nitrogens with zero attached hydrogens (tertiary/aromatic N) is 1. The normalized spacial score (nSPS) is 12.6. The third-order valence-corrected chi connectivity index (χ3v) is 8.28. The molecule has 0 saturated heterocycles. The Kier molecular flexibility index (Phi) is 10.0. The summed E-state index contributed by atoms with van der Waals surface area (Å²) in [6, 6.07) is 10.6. The van der Waals surface area contributed by atoms with E-state index in [4.69, 9.17) is 9.47 Å². The van der Waals surface area contributed by atoms with E-state index in [1.807, 2.05) is 25.1 Å². The molecule has 1 aromatic heterocycles. The van der Waals surface area contributed by atoms with Gasteiger partial charge in [0.25, 0.3) is 0 Å². The van der Waals surface area contributed by atoms with Crippen molar-refractivity contribution in [2.24, 2.45) is 0 Å². The van der Waals surface area contributed by atoms with Gasteiger partial charge in [-0.05, 0) is 68.1 Å². The van der Waals surface area contributed by atoms with Crippen LogP contribution in [0.25, 0.3) is 22.0 Å². The van der Waals surface area contributed by atoms with Crippen molar-refractivity contribution in [3.63, 3.8) is 0 Å². The highest BCUT2D eigenvalue weighted by molar-refractivity contribution is 6.76. The number of aryl methyl sites for hydroxylation is 1. The van der Waals surface area contributed by atoms with Gasteiger partial charge in [0, 0.05) is 32.7 Å². The predicted octanol–water partition coefficient (Wildman–Crippen LogP) is 5.51. The fourth-order valence-corrected chi connectivity index (χ4v) is 5.12. The molecule has 0 radical (unpaired) electrons. The fourth-order valence-electron chi connectivity index (χ4n) is 4.36. The van der Waals surface area contributed by atoms with Crippen LogP contribution in [-0.2, 0) is 27.4 Å². The zero-order valence-electron chi connectivity index (χ0n) is 25.2. The second-order valence-electron chi connectivity index (χ2n) is 12.6. The number of aromatic carboxylic acids is 1. The predicted molar refractivity (Wildman–Crippen MR) is 164 cm³/mol. The van der Waals surface area contributed by atoms with Crippen molar-refractivity contribution in [3.8, 4) is 11.1 Å². The molecular weight excluding hydrogens is 556 g/mol. The molecule has 0 aliphatic heterocycles. The SMILES string of the molecule is Cc1cc2c(=O)c(C(=O)O)cn(COCC[Si](C)(C)C)c2cc1-c1ccc(C[C@H](NC(=O)OC(C)(C)C)C(=O)O)cc1. The molecule has 3 N–H and O–H groups in total. The van der Waals surface area contributed by atoms with E-state index >= 15 is 0 Å². The molecule has 1 atom stereocenters. The molecule has 0 spiro atoms. The number of pyridine rings is 1. The fraction of sp³-hybridized carbons (Fsp3) is 0.419. The Hall–Kier alpha value is -3.96. The van der Waals surface area contributed by atoms with Gasteiger partial charge in [-0.3, -0.25) is 4.79 Å². The highest BCUT2D eigenvalue weighted by Gasteiger charge is 2.24. The number of nitrogens with one attached hydrogen (secondary N) is 1. The lowest BCUT2D eigenvalue weighted by molar-refractivity contribution is -0.139. The lowest BCUT2D eigenvalue weighted by Gasteiger charge is -2.22. The number of benzene rings is 2. The van der Waals surface area contributed by atoms with E-state index in [0.29, 0.717) is 23.1 Å². The van der Waals surface area contributed by atoms with Gasteiger partial charge in [-0.15, -0.1) is 0 Å². The summed E-state index contributed by atoms with van der Waals surface area (Å²) in [5.41, 5.74) is 2.04. The van der Waals surface area contributed by atoms with Gasteiger partial charge in [-0.25, -0.2) is 14.4 Å². The van der Waals surface area contributed by atoms with Crippen LogP contribution in [0.15, 0.2) is 47.4 Å². The maximum atomic E-state index is 13.0. The maximum Gasteiger partial charge on any atom is 0.408 e. The van der Waals surface area contributed by atoms with Crippen molar-refractivity contribution in [1.29, 1.82) is 0 Å². The van der Waals surface area contributed by atoms with Crippen molar-refractivity contribution in [2.45, 2.75) is 78.2 Å². The van der Waals surface area contributed by atoms with E-state index in [9.17, 15) is 29.4 Å². The first kappa shape index (κ1) is 32.6. The van der Waals surface area contributed by atoms with Crippen molar-refractivity contribution in [1.82, 2.24) is 9.88 Å². The first-order valence-corrected chi connectivity index (χ1v) is 17.5. The largest absolute Gasteiger partial charge is 0.480 e. The van der Waals surface area contributed by atoms with Crippen LogP contribution in [-0.4, -0.2) is 59.1 Å². The number of alkyl carbamates (subject to hydrolysis) is 1. The number of carbonyl (C=O) groups is 3. The zero-order valence-corrected chi connectivity index (χ0v) is 26.2. The van der Waals surface area contributed by atoms with Crippen LogP contribution >= 0.6 is 0 Å². The third-order valence-electron chi connectivity index (χ3n) is 6.58. The standard InChI is InChI=1S/C31H40N2O8Si/c1-19-14-23-26(33(17-24(27(23)34)28(35)36)18-40-12-13-42(5,6)7)16-22(19)21-10-8-20(9-11-21)15-25(29(37)38)32-30(39)41-31(2,3)4/h8-11,14,16-17,25H,12-13,15,18H2,1-7H3,(H,32,39)(H,35,36)(H,37,38)/t25-/m0/s1. The van der Waals surface area contributed by atoms with Crippen LogP contribution in [0.3, 0.4) is 0 Å². The number of hydrogen-bond acceptors (Lipinski definition) is 6. The van der Waals surface area contributed by atoms with Gasteiger partial charge in [0.15, 0.2) is 0 Å². The molecule has 42 heavy (non-hydrogen) atoms. The summed E-state index contributed by atoms with van der Waals surface area (Å²) in [6.45, 7) is 14.3. The van der Waals surface area contributed by atoms with Crippen LogP contribution in [0, 0.1) is 6.92 Å². The maximum absolute atomic E-state index is 13.0. The number of carboxylic acid groups (broad SMARTS) is 2. The lowest BCUT2D eigenvalue weighted by Crippen LogP contribution is -2.44. The Morgan fingerprint density at radius 1 is 1.05 bits per heavy atom. The van der Waals surface area contributed by atoms with E-state index in [1.165, 1.54) is 6.20 Å². The molecule has 10 nitrogen and oxygen atoms in total. The number of rotatable bonds is 11. The second-order valence-corrected chi connectivity index (χ2v) is 18.2. The van der Waals surface area contributed by atoms with Gasteiger partial charge >= 0.3 is 18.0 Å². The molecule has 0 aliphatic carbocycles. The molecule has 1 heterocycles. The Morgan fingerprint density at radius 2 is 1.69 bits per heavy atom. The third kappa shape index (κ3) is 8.77. The van der Waals surface area contributed by atoms with Gasteiger partial charge in [-0.2, -0.15) is 0 Å². The Morgan fingerprint density at radius 3 is 2.24 bits per heavy atom.